The van der Waals surface area contributed by atoms with Gasteiger partial charge in [-0.2, -0.15) is 0 Å². The van der Waals surface area contributed by atoms with Crippen LogP contribution in [0.5, 0.6) is 0 Å². The molecule has 0 radical (unpaired) electrons. The van der Waals surface area contributed by atoms with E-state index < -0.39 is 0 Å². The SMILES string of the molecule is CCO.CCO.CCO.CCO.CCO.CCO.N.N.N.N. The van der Waals surface area contributed by atoms with Gasteiger partial charge in [-0.25, -0.2) is 0 Å². The van der Waals surface area contributed by atoms with E-state index in [9.17, 15) is 0 Å². The number of hydrogen-bond donors (Lipinski definition) is 10. The third kappa shape index (κ3) is 42400. The lowest BCUT2D eigenvalue weighted by Gasteiger charge is -1.52. The molecule has 0 aromatic heterocycles. The first kappa shape index (κ1) is 68.1. The normalized spacial score (nSPS) is 4.91. The summed E-state index contributed by atoms with van der Waals surface area (Å²) in [6, 6.07) is 0. The van der Waals surface area contributed by atoms with E-state index in [1.165, 1.54) is 0 Å². The third-order valence-electron chi connectivity index (χ3n) is 0. The van der Waals surface area contributed by atoms with Crippen LogP contribution < -0.4 is 24.6 Å². The highest BCUT2D eigenvalue weighted by atomic mass is 16.3. The van der Waals surface area contributed by atoms with Gasteiger partial charge >= 0.3 is 0 Å². The van der Waals surface area contributed by atoms with Crippen molar-refractivity contribution in [3.8, 4) is 0 Å². The van der Waals surface area contributed by atoms with Gasteiger partial charge in [0.15, 0.2) is 0 Å². The van der Waals surface area contributed by atoms with Gasteiger partial charge in [0, 0.05) is 39.6 Å². The van der Waals surface area contributed by atoms with Crippen molar-refractivity contribution in [2.45, 2.75) is 41.5 Å². The summed E-state index contributed by atoms with van der Waals surface area (Å²) in [5, 5.41) is 45.4. The van der Waals surface area contributed by atoms with Crippen LogP contribution in [0.4, 0.5) is 0 Å². The Balaban J connectivity index is -0.00000000947. The summed E-state index contributed by atoms with van der Waals surface area (Å²) < 4.78 is 0. The van der Waals surface area contributed by atoms with Gasteiger partial charge in [-0.05, 0) is 41.5 Å². The fraction of sp³-hybridized carbons (Fsp3) is 1.00. The zero-order valence-electron chi connectivity index (χ0n) is 15.8. The molecule has 0 bridgehead atoms. The van der Waals surface area contributed by atoms with Crippen molar-refractivity contribution < 1.29 is 30.6 Å². The summed E-state index contributed by atoms with van der Waals surface area (Å²) in [5.74, 6) is 0. The average molecular weight is 345 g/mol. The molecule has 10 nitrogen and oxygen atoms in total. The van der Waals surface area contributed by atoms with Gasteiger partial charge in [-0.3, -0.25) is 0 Å². The van der Waals surface area contributed by atoms with Crippen LogP contribution >= 0.6 is 0 Å². The lowest BCUT2D eigenvalue weighted by molar-refractivity contribution is 0.318. The van der Waals surface area contributed by atoms with E-state index in [4.69, 9.17) is 30.6 Å². The van der Waals surface area contributed by atoms with Gasteiger partial charge in [0.1, 0.15) is 0 Å². The maximum Gasteiger partial charge on any atom is 0.0402 e. The number of aliphatic hydroxyl groups excluding tert-OH is 6. The number of aliphatic hydroxyl groups is 6. The Hall–Kier alpha value is -0.400. The summed E-state index contributed by atoms with van der Waals surface area (Å²) in [4.78, 5) is 0. The van der Waals surface area contributed by atoms with Crippen molar-refractivity contribution in [2.75, 3.05) is 39.6 Å². The fourth-order valence-electron chi connectivity index (χ4n) is 0. The van der Waals surface area contributed by atoms with Crippen molar-refractivity contribution >= 4 is 0 Å². The summed E-state index contributed by atoms with van der Waals surface area (Å²) >= 11 is 0. The van der Waals surface area contributed by atoms with Gasteiger partial charge in [-0.15, -0.1) is 0 Å². The third-order valence-corrected chi connectivity index (χ3v) is 0. The molecule has 0 heterocycles. The molecule has 22 heavy (non-hydrogen) atoms. The lowest BCUT2D eigenvalue weighted by atomic mass is 10.9. The minimum absolute atomic E-state index is 0. The molecule has 152 valence electrons. The molecule has 0 aromatic rings. The van der Waals surface area contributed by atoms with E-state index in [0.29, 0.717) is 0 Å². The van der Waals surface area contributed by atoms with Crippen molar-refractivity contribution in [2.24, 2.45) is 0 Å². The first-order valence-electron chi connectivity index (χ1n) is 6.14. The predicted molar refractivity (Wildman–Crippen MR) is 96.6 cm³/mol. The molecule has 18 N–H and O–H groups in total. The standard InChI is InChI=1S/6C2H6O.4H3N/c6*1-2-3;;;;/h6*3H,2H2,1H3;4*1H3. The number of rotatable bonds is 0. The summed E-state index contributed by atoms with van der Waals surface area (Å²) in [5.41, 5.74) is 0. The molecule has 0 unspecified atom stereocenters. The van der Waals surface area contributed by atoms with E-state index in [1.807, 2.05) is 0 Å². The highest BCUT2D eigenvalue weighted by Crippen LogP contribution is 1.31. The zero-order chi connectivity index (χ0) is 16.2. The maximum absolute atomic E-state index is 7.57. The molecule has 0 saturated carbocycles. The van der Waals surface area contributed by atoms with Crippen molar-refractivity contribution in [3.05, 3.63) is 0 Å². The molecule has 0 fully saturated rings. The minimum atomic E-state index is 0. The van der Waals surface area contributed by atoms with Crippen LogP contribution in [0.25, 0.3) is 0 Å². The molecule has 0 aliphatic heterocycles. The van der Waals surface area contributed by atoms with Crippen LogP contribution in [-0.2, 0) is 0 Å². The quantitative estimate of drug-likeness (QED) is 0.293. The molecule has 0 spiro atoms. The van der Waals surface area contributed by atoms with Crippen molar-refractivity contribution in [1.29, 1.82) is 0 Å². The summed E-state index contributed by atoms with van der Waals surface area (Å²) in [7, 11) is 0. The second kappa shape index (κ2) is 252. The maximum atomic E-state index is 7.57. The Morgan fingerprint density at radius 3 is 0.318 bits per heavy atom. The van der Waals surface area contributed by atoms with Gasteiger partial charge in [0.05, 0.1) is 0 Å². The molecule has 0 aliphatic carbocycles. The molecular formula is C12H48N4O6. The van der Waals surface area contributed by atoms with Crippen LogP contribution in [0.2, 0.25) is 0 Å². The van der Waals surface area contributed by atoms with E-state index in [1.54, 1.807) is 41.5 Å². The van der Waals surface area contributed by atoms with E-state index in [0.717, 1.165) is 0 Å². The smallest absolute Gasteiger partial charge is 0.0402 e. The molecule has 0 rings (SSSR count). The zero-order valence-corrected chi connectivity index (χ0v) is 15.8. The molecule has 10 heteroatoms. The first-order valence-corrected chi connectivity index (χ1v) is 6.14. The Morgan fingerprint density at radius 2 is 0.318 bits per heavy atom. The first-order chi connectivity index (χ1) is 8.49. The molecule has 0 saturated heterocycles. The second-order valence-corrected chi connectivity index (χ2v) is 1.90. The average Bonchev–Trinajstić information content (AvgIpc) is 2.23. The molecule has 0 aliphatic rings. The topological polar surface area (TPSA) is 261 Å². The van der Waals surface area contributed by atoms with Gasteiger partial charge in [0.25, 0.3) is 0 Å². The van der Waals surface area contributed by atoms with E-state index in [-0.39, 0.29) is 64.2 Å². The van der Waals surface area contributed by atoms with E-state index in [2.05, 4.69) is 0 Å². The Kier molecular flexibility index (Phi) is 781. The van der Waals surface area contributed by atoms with E-state index >= 15 is 0 Å². The van der Waals surface area contributed by atoms with Crippen LogP contribution in [0.1, 0.15) is 41.5 Å². The van der Waals surface area contributed by atoms with Crippen LogP contribution in [0.3, 0.4) is 0 Å². The molecular weight excluding hydrogens is 296 g/mol. The minimum Gasteiger partial charge on any atom is -0.397 e. The van der Waals surface area contributed by atoms with Crippen molar-refractivity contribution in [1.82, 2.24) is 24.6 Å². The van der Waals surface area contributed by atoms with Crippen LogP contribution in [-0.4, -0.2) is 70.3 Å². The Bertz CT molecular complexity index is 47.1. The predicted octanol–water partition coefficient (Wildman–Crippen LogP) is 0.640. The highest BCUT2D eigenvalue weighted by molar-refractivity contribution is 3.85. The van der Waals surface area contributed by atoms with Crippen LogP contribution in [0.15, 0.2) is 0 Å². The fourth-order valence-corrected chi connectivity index (χ4v) is 0. The Morgan fingerprint density at radius 1 is 0.318 bits per heavy atom. The van der Waals surface area contributed by atoms with Crippen molar-refractivity contribution in [3.63, 3.8) is 0 Å². The van der Waals surface area contributed by atoms with Crippen LogP contribution in [0, 0.1) is 0 Å². The largest absolute Gasteiger partial charge is 0.397 e. The molecule has 0 amide bonds. The Labute approximate surface area is 137 Å². The summed E-state index contributed by atoms with van der Waals surface area (Å²) in [6.07, 6.45) is 0. The molecule has 0 atom stereocenters. The second-order valence-electron chi connectivity index (χ2n) is 1.90. The summed E-state index contributed by atoms with van der Waals surface area (Å²) in [6.45, 7) is 11.6. The highest BCUT2D eigenvalue weighted by Gasteiger charge is 1.35. The monoisotopic (exact) mass is 344 g/mol. The van der Waals surface area contributed by atoms with Gasteiger partial charge in [0.2, 0.25) is 0 Å². The number of hydrogen-bond acceptors (Lipinski definition) is 10. The molecule has 0 aromatic carbocycles. The van der Waals surface area contributed by atoms with Gasteiger partial charge in [-0.1, -0.05) is 0 Å². The van der Waals surface area contributed by atoms with Gasteiger partial charge < -0.3 is 55.2 Å². The lowest BCUT2D eigenvalue weighted by Crippen LogP contribution is -1.57.